The third kappa shape index (κ3) is 7.59. The SMILES string of the molecule is CC(C)(C)c1cnc2ccccc2c1.CCOC(=O)CC(CC(=O)CCl)c1cnc2ccccc2c1. The van der Waals surface area contributed by atoms with E-state index < -0.39 is 0 Å². The molecule has 5 nitrogen and oxygen atoms in total. The number of esters is 1. The fraction of sp³-hybridized carbons (Fsp3) is 0.333. The molecule has 0 fully saturated rings. The molecule has 1 atom stereocenters. The van der Waals surface area contributed by atoms with Crippen LogP contribution in [0.3, 0.4) is 0 Å². The number of Topliss-reactive ketones (excluding diaryl/α,β-unsaturated/α-hetero) is 1. The largest absolute Gasteiger partial charge is 0.466 e. The molecule has 2 aromatic heterocycles. The summed E-state index contributed by atoms with van der Waals surface area (Å²) in [7, 11) is 0. The summed E-state index contributed by atoms with van der Waals surface area (Å²) >= 11 is 5.59. The maximum Gasteiger partial charge on any atom is 0.306 e. The van der Waals surface area contributed by atoms with Crippen molar-refractivity contribution in [2.24, 2.45) is 0 Å². The highest BCUT2D eigenvalue weighted by Crippen LogP contribution is 2.27. The molecule has 2 heterocycles. The second-order valence-electron chi connectivity index (χ2n) is 9.71. The van der Waals surface area contributed by atoms with Crippen LogP contribution in [0, 0.1) is 0 Å². The van der Waals surface area contributed by atoms with E-state index in [0.717, 1.165) is 22.0 Å². The van der Waals surface area contributed by atoms with Gasteiger partial charge in [-0.1, -0.05) is 57.2 Å². The second kappa shape index (κ2) is 12.6. The number of hydrogen-bond acceptors (Lipinski definition) is 5. The Kier molecular flexibility index (Phi) is 9.54. The molecule has 1 unspecified atom stereocenters. The van der Waals surface area contributed by atoms with Gasteiger partial charge in [0.2, 0.25) is 0 Å². The lowest BCUT2D eigenvalue weighted by Crippen LogP contribution is -2.15. The van der Waals surface area contributed by atoms with Crippen LogP contribution in [-0.4, -0.2) is 34.2 Å². The van der Waals surface area contributed by atoms with Crippen LogP contribution in [0.4, 0.5) is 0 Å². The number of benzene rings is 2. The Labute approximate surface area is 217 Å². The Morgan fingerprint density at radius 3 is 2.06 bits per heavy atom. The number of hydrogen-bond donors (Lipinski definition) is 0. The fourth-order valence-electron chi connectivity index (χ4n) is 3.85. The molecule has 36 heavy (non-hydrogen) atoms. The first-order valence-corrected chi connectivity index (χ1v) is 12.7. The lowest BCUT2D eigenvalue weighted by atomic mass is 9.88. The first-order chi connectivity index (χ1) is 17.2. The molecule has 0 spiro atoms. The maximum atomic E-state index is 11.8. The van der Waals surface area contributed by atoms with Crippen LogP contribution in [0.1, 0.15) is 57.6 Å². The van der Waals surface area contributed by atoms with Gasteiger partial charge in [-0.2, -0.15) is 0 Å². The molecule has 0 N–H and O–H groups in total. The third-order valence-electron chi connectivity index (χ3n) is 5.88. The van der Waals surface area contributed by atoms with Crippen molar-refractivity contribution >= 4 is 45.2 Å². The van der Waals surface area contributed by atoms with Crippen LogP contribution < -0.4 is 0 Å². The number of carbonyl (C=O) groups excluding carboxylic acids is 2. The van der Waals surface area contributed by atoms with E-state index in [4.69, 9.17) is 16.3 Å². The number of pyridine rings is 2. The number of alkyl halides is 1. The molecular formula is C30H33ClN2O3. The molecular weight excluding hydrogens is 472 g/mol. The van der Waals surface area contributed by atoms with Crippen molar-refractivity contribution in [3.05, 3.63) is 84.2 Å². The molecule has 4 aromatic rings. The quantitative estimate of drug-likeness (QED) is 0.200. The predicted molar refractivity (Wildman–Crippen MR) is 147 cm³/mol. The topological polar surface area (TPSA) is 69.2 Å². The van der Waals surface area contributed by atoms with Crippen LogP contribution in [0.25, 0.3) is 21.8 Å². The summed E-state index contributed by atoms with van der Waals surface area (Å²) in [6.07, 6.45) is 4.05. The normalized spacial score (nSPS) is 12.0. The molecule has 0 saturated heterocycles. The summed E-state index contributed by atoms with van der Waals surface area (Å²) < 4.78 is 4.99. The summed E-state index contributed by atoms with van der Waals surface area (Å²) in [4.78, 5) is 32.3. The van der Waals surface area contributed by atoms with Crippen molar-refractivity contribution < 1.29 is 14.3 Å². The van der Waals surface area contributed by atoms with Gasteiger partial charge in [-0.25, -0.2) is 0 Å². The molecule has 6 heteroatoms. The molecule has 0 radical (unpaired) electrons. The average Bonchev–Trinajstić information content (AvgIpc) is 2.87. The van der Waals surface area contributed by atoms with Crippen LogP contribution >= 0.6 is 11.6 Å². The number of halogens is 1. The lowest BCUT2D eigenvalue weighted by Gasteiger charge is -2.18. The van der Waals surface area contributed by atoms with E-state index in [-0.39, 0.29) is 41.8 Å². The molecule has 0 amide bonds. The van der Waals surface area contributed by atoms with E-state index in [1.165, 1.54) is 10.9 Å². The number of carbonyl (C=O) groups is 2. The smallest absolute Gasteiger partial charge is 0.306 e. The predicted octanol–water partition coefficient (Wildman–Crippen LogP) is 7.00. The number of aromatic nitrogens is 2. The summed E-state index contributed by atoms with van der Waals surface area (Å²) in [5.74, 6) is -0.727. The molecule has 4 rings (SSSR count). The minimum atomic E-state index is -0.317. The van der Waals surface area contributed by atoms with Gasteiger partial charge in [0.15, 0.2) is 0 Å². The van der Waals surface area contributed by atoms with Crippen LogP contribution in [-0.2, 0) is 19.7 Å². The van der Waals surface area contributed by atoms with Crippen molar-refractivity contribution in [1.29, 1.82) is 0 Å². The number of fused-ring (bicyclic) bond motifs is 2. The molecule has 0 aliphatic heterocycles. The van der Waals surface area contributed by atoms with E-state index in [9.17, 15) is 9.59 Å². The molecule has 0 aliphatic carbocycles. The summed E-state index contributed by atoms with van der Waals surface area (Å²) in [6, 6.07) is 20.1. The monoisotopic (exact) mass is 504 g/mol. The van der Waals surface area contributed by atoms with E-state index in [1.807, 2.05) is 48.7 Å². The first-order valence-electron chi connectivity index (χ1n) is 12.1. The van der Waals surface area contributed by atoms with E-state index in [0.29, 0.717) is 6.61 Å². The second-order valence-corrected chi connectivity index (χ2v) is 9.98. The van der Waals surface area contributed by atoms with Gasteiger partial charge < -0.3 is 4.74 Å². The highest BCUT2D eigenvalue weighted by molar-refractivity contribution is 6.27. The standard InChI is InChI=1S/C17H18ClNO3.C13H15N/c1-2-22-17(21)9-13(8-15(20)10-18)14-7-12-5-3-4-6-16(12)19-11-14;1-13(2,3)11-8-10-6-4-5-7-12(10)14-9-11/h3-7,11,13H,2,8-10H2,1H3;4-9H,1-3H3. The summed E-state index contributed by atoms with van der Waals surface area (Å²) in [5.41, 5.74) is 4.27. The summed E-state index contributed by atoms with van der Waals surface area (Å²) in [5, 5.41) is 2.20. The van der Waals surface area contributed by atoms with Crippen molar-refractivity contribution in [2.75, 3.05) is 12.5 Å². The highest BCUT2D eigenvalue weighted by atomic mass is 35.5. The van der Waals surface area contributed by atoms with Crippen molar-refractivity contribution in [3.63, 3.8) is 0 Å². The number of ketones is 1. The van der Waals surface area contributed by atoms with E-state index in [2.05, 4.69) is 48.9 Å². The minimum absolute atomic E-state index is 0.0552. The Morgan fingerprint density at radius 2 is 1.47 bits per heavy atom. The first kappa shape index (κ1) is 27.3. The summed E-state index contributed by atoms with van der Waals surface area (Å²) in [6.45, 7) is 8.70. The zero-order valence-electron chi connectivity index (χ0n) is 21.3. The van der Waals surface area contributed by atoms with Gasteiger partial charge in [-0.05, 0) is 47.7 Å². The maximum absolute atomic E-state index is 11.8. The van der Waals surface area contributed by atoms with Crippen LogP contribution in [0.5, 0.6) is 0 Å². The van der Waals surface area contributed by atoms with E-state index in [1.54, 1.807) is 13.1 Å². The minimum Gasteiger partial charge on any atom is -0.466 e. The highest BCUT2D eigenvalue weighted by Gasteiger charge is 2.21. The fourth-order valence-corrected chi connectivity index (χ4v) is 3.96. The van der Waals surface area contributed by atoms with Crippen molar-refractivity contribution in [1.82, 2.24) is 9.97 Å². The van der Waals surface area contributed by atoms with Gasteiger partial charge in [-0.15, -0.1) is 11.6 Å². The number of ether oxygens (including phenoxy) is 1. The Balaban J connectivity index is 0.000000221. The van der Waals surface area contributed by atoms with Gasteiger partial charge in [0.25, 0.3) is 0 Å². The number of rotatable bonds is 7. The molecule has 0 aliphatic rings. The molecule has 2 aromatic carbocycles. The van der Waals surface area contributed by atoms with Gasteiger partial charge in [0.1, 0.15) is 5.78 Å². The number of nitrogens with zero attached hydrogens (tertiary/aromatic N) is 2. The van der Waals surface area contributed by atoms with Gasteiger partial charge in [0.05, 0.1) is 29.9 Å². The molecule has 188 valence electrons. The van der Waals surface area contributed by atoms with Gasteiger partial charge in [-0.3, -0.25) is 19.6 Å². The Morgan fingerprint density at radius 1 is 0.889 bits per heavy atom. The van der Waals surface area contributed by atoms with Crippen molar-refractivity contribution in [3.8, 4) is 0 Å². The molecule has 0 saturated carbocycles. The van der Waals surface area contributed by atoms with Crippen molar-refractivity contribution in [2.45, 2.75) is 51.9 Å². The zero-order chi connectivity index (χ0) is 26.1. The van der Waals surface area contributed by atoms with E-state index >= 15 is 0 Å². The Hall–Kier alpha value is -3.31. The zero-order valence-corrected chi connectivity index (χ0v) is 22.1. The van der Waals surface area contributed by atoms with Gasteiger partial charge >= 0.3 is 5.97 Å². The molecule has 0 bridgehead atoms. The Bertz CT molecular complexity index is 1330. The third-order valence-corrected chi connectivity index (χ3v) is 6.18. The lowest BCUT2D eigenvalue weighted by molar-refractivity contribution is -0.143. The van der Waals surface area contributed by atoms with Crippen LogP contribution in [0.15, 0.2) is 73.1 Å². The number of para-hydroxylation sites is 2. The van der Waals surface area contributed by atoms with Gasteiger partial charge in [0, 0.05) is 35.5 Å². The van der Waals surface area contributed by atoms with Crippen LogP contribution in [0.2, 0.25) is 0 Å². The average molecular weight is 505 g/mol.